The van der Waals surface area contributed by atoms with E-state index in [-0.39, 0.29) is 0 Å². The number of rotatable bonds is 0. The molecule has 0 aromatic heterocycles. The summed E-state index contributed by atoms with van der Waals surface area (Å²) in [6, 6.07) is 0. The Morgan fingerprint density at radius 3 is 1.58 bits per heavy atom. The molecule has 0 saturated carbocycles. The second kappa shape index (κ2) is 10.7. The first-order chi connectivity index (χ1) is 9.00. The van der Waals surface area contributed by atoms with Gasteiger partial charge in [-0.2, -0.15) is 0 Å². The quantitative estimate of drug-likeness (QED) is 0.607. The molecule has 2 nitrogen and oxygen atoms in total. The zero-order chi connectivity index (χ0) is 15.6. The van der Waals surface area contributed by atoms with Crippen LogP contribution in [0.3, 0.4) is 0 Å². The van der Waals surface area contributed by atoms with E-state index in [9.17, 15) is 0 Å². The molecule has 0 aromatic carbocycles. The molecule has 2 aliphatic heterocycles. The van der Waals surface area contributed by atoms with E-state index >= 15 is 0 Å². The molecule has 4 atom stereocenters. The van der Waals surface area contributed by atoms with Crippen molar-refractivity contribution in [3.63, 3.8) is 0 Å². The maximum absolute atomic E-state index is 5.80. The van der Waals surface area contributed by atoms with Crippen molar-refractivity contribution in [3.05, 3.63) is 0 Å². The van der Waals surface area contributed by atoms with Gasteiger partial charge in [0.15, 0.2) is 0 Å². The fraction of sp³-hybridized carbons (Fsp3) is 1.00. The van der Waals surface area contributed by atoms with Gasteiger partial charge in [0.2, 0.25) is 0 Å². The average molecular weight is 274 g/mol. The standard InChI is InChI=1S/C11H20O2.3C2H6/c1-7-5-12-10-8(11(2,3)4)6-13-9(7)10;3*1-2/h7-10H,5-6H2,1-4H3;3*1-2H3. The van der Waals surface area contributed by atoms with Crippen molar-refractivity contribution < 1.29 is 9.47 Å². The lowest BCUT2D eigenvalue weighted by Gasteiger charge is -2.29. The van der Waals surface area contributed by atoms with Crippen molar-refractivity contribution in [3.8, 4) is 0 Å². The first kappa shape index (κ1) is 21.2. The van der Waals surface area contributed by atoms with E-state index in [2.05, 4.69) is 27.7 Å². The van der Waals surface area contributed by atoms with Gasteiger partial charge in [0, 0.05) is 11.8 Å². The molecule has 0 spiro atoms. The topological polar surface area (TPSA) is 18.5 Å². The van der Waals surface area contributed by atoms with Gasteiger partial charge < -0.3 is 9.47 Å². The third-order valence-corrected chi connectivity index (χ3v) is 3.41. The van der Waals surface area contributed by atoms with Crippen LogP contribution in [0.1, 0.15) is 69.2 Å². The van der Waals surface area contributed by atoms with Crippen LogP contribution in [0.2, 0.25) is 0 Å². The van der Waals surface area contributed by atoms with Gasteiger partial charge in [-0.05, 0) is 5.41 Å². The molecule has 2 fully saturated rings. The molecule has 0 aromatic rings. The van der Waals surface area contributed by atoms with Crippen molar-refractivity contribution >= 4 is 0 Å². The summed E-state index contributed by atoms with van der Waals surface area (Å²) in [5, 5.41) is 0. The molecule has 118 valence electrons. The van der Waals surface area contributed by atoms with Crippen LogP contribution in [0.5, 0.6) is 0 Å². The molecule has 0 radical (unpaired) electrons. The minimum Gasteiger partial charge on any atom is -0.375 e. The van der Waals surface area contributed by atoms with Crippen LogP contribution in [0.15, 0.2) is 0 Å². The van der Waals surface area contributed by atoms with Gasteiger partial charge in [0.1, 0.15) is 0 Å². The summed E-state index contributed by atoms with van der Waals surface area (Å²) in [5.41, 5.74) is 0.309. The molecule has 0 aliphatic carbocycles. The van der Waals surface area contributed by atoms with Gasteiger partial charge in [-0.3, -0.25) is 0 Å². The average Bonchev–Trinajstić information content (AvgIpc) is 2.99. The molecule has 2 heteroatoms. The van der Waals surface area contributed by atoms with Crippen LogP contribution in [-0.4, -0.2) is 25.4 Å². The van der Waals surface area contributed by atoms with Gasteiger partial charge in [-0.1, -0.05) is 69.2 Å². The number of hydrogen-bond acceptors (Lipinski definition) is 2. The van der Waals surface area contributed by atoms with Crippen LogP contribution < -0.4 is 0 Å². The van der Waals surface area contributed by atoms with Gasteiger partial charge in [0.05, 0.1) is 25.4 Å². The Morgan fingerprint density at radius 2 is 1.16 bits per heavy atom. The van der Waals surface area contributed by atoms with Gasteiger partial charge in [-0.25, -0.2) is 0 Å². The van der Waals surface area contributed by atoms with Gasteiger partial charge in [0.25, 0.3) is 0 Å². The molecule has 2 rings (SSSR count). The molecular formula is C17H38O2. The van der Waals surface area contributed by atoms with E-state index in [1.807, 2.05) is 41.5 Å². The summed E-state index contributed by atoms with van der Waals surface area (Å²) in [6.07, 6.45) is 0.722. The minimum atomic E-state index is 0.309. The number of ether oxygens (including phenoxy) is 2. The predicted octanol–water partition coefficient (Wildman–Crippen LogP) is 5.16. The Hall–Kier alpha value is -0.0800. The molecular weight excluding hydrogens is 236 g/mol. The van der Waals surface area contributed by atoms with Crippen molar-refractivity contribution in [1.82, 2.24) is 0 Å². The molecule has 2 saturated heterocycles. The first-order valence-electron chi connectivity index (χ1n) is 8.23. The fourth-order valence-corrected chi connectivity index (χ4v) is 2.43. The van der Waals surface area contributed by atoms with Crippen molar-refractivity contribution in [2.75, 3.05) is 13.2 Å². The SMILES string of the molecule is CC.CC.CC.CC1COC2C1OCC2C(C)(C)C. The van der Waals surface area contributed by atoms with Gasteiger partial charge >= 0.3 is 0 Å². The second-order valence-electron chi connectivity index (χ2n) is 5.55. The summed E-state index contributed by atoms with van der Waals surface area (Å²) >= 11 is 0. The third-order valence-electron chi connectivity index (χ3n) is 3.41. The molecule has 0 bridgehead atoms. The fourth-order valence-electron chi connectivity index (χ4n) is 2.43. The Balaban J connectivity index is 0. The van der Waals surface area contributed by atoms with Crippen molar-refractivity contribution in [1.29, 1.82) is 0 Å². The normalized spacial score (nSPS) is 31.9. The largest absolute Gasteiger partial charge is 0.375 e. The summed E-state index contributed by atoms with van der Waals surface area (Å²) < 4.78 is 11.6. The smallest absolute Gasteiger partial charge is 0.0895 e. The maximum Gasteiger partial charge on any atom is 0.0895 e. The highest BCUT2D eigenvalue weighted by atomic mass is 16.6. The Bertz CT molecular complexity index is 196. The predicted molar refractivity (Wildman–Crippen MR) is 85.6 cm³/mol. The zero-order valence-electron chi connectivity index (χ0n) is 15.0. The lowest BCUT2D eigenvalue weighted by molar-refractivity contribution is 0.0338. The van der Waals surface area contributed by atoms with E-state index in [0.29, 0.717) is 29.5 Å². The van der Waals surface area contributed by atoms with E-state index in [4.69, 9.17) is 9.47 Å². The van der Waals surface area contributed by atoms with Crippen LogP contribution in [-0.2, 0) is 9.47 Å². The van der Waals surface area contributed by atoms with E-state index in [1.165, 1.54) is 0 Å². The van der Waals surface area contributed by atoms with Crippen LogP contribution >= 0.6 is 0 Å². The monoisotopic (exact) mass is 274 g/mol. The molecule has 2 heterocycles. The Labute approximate surface area is 122 Å². The van der Waals surface area contributed by atoms with Crippen LogP contribution in [0.4, 0.5) is 0 Å². The molecule has 19 heavy (non-hydrogen) atoms. The Kier molecular flexibility index (Phi) is 11.9. The highest BCUT2D eigenvalue weighted by Crippen LogP contribution is 2.42. The van der Waals surface area contributed by atoms with Crippen LogP contribution in [0, 0.1) is 17.3 Å². The molecule has 0 amide bonds. The number of fused-ring (bicyclic) bond motifs is 1. The lowest BCUT2D eigenvalue weighted by Crippen LogP contribution is -2.33. The number of hydrogen-bond donors (Lipinski definition) is 0. The van der Waals surface area contributed by atoms with Gasteiger partial charge in [-0.15, -0.1) is 0 Å². The summed E-state index contributed by atoms with van der Waals surface area (Å²) in [4.78, 5) is 0. The van der Waals surface area contributed by atoms with E-state index in [0.717, 1.165) is 13.2 Å². The molecule has 0 N–H and O–H groups in total. The second-order valence-corrected chi connectivity index (χ2v) is 5.55. The highest BCUT2D eigenvalue weighted by Gasteiger charge is 2.49. The van der Waals surface area contributed by atoms with E-state index in [1.54, 1.807) is 0 Å². The third kappa shape index (κ3) is 5.83. The Morgan fingerprint density at radius 1 is 0.737 bits per heavy atom. The maximum atomic E-state index is 5.80. The summed E-state index contributed by atoms with van der Waals surface area (Å²) in [5.74, 6) is 1.15. The zero-order valence-corrected chi connectivity index (χ0v) is 15.0. The first-order valence-corrected chi connectivity index (χ1v) is 8.23. The lowest BCUT2D eigenvalue weighted by atomic mass is 9.77. The van der Waals surface area contributed by atoms with Crippen molar-refractivity contribution in [2.24, 2.45) is 17.3 Å². The summed E-state index contributed by atoms with van der Waals surface area (Å²) in [7, 11) is 0. The molecule has 2 aliphatic rings. The highest BCUT2D eigenvalue weighted by molar-refractivity contribution is 4.96. The van der Waals surface area contributed by atoms with E-state index < -0.39 is 0 Å². The van der Waals surface area contributed by atoms with Crippen LogP contribution in [0.25, 0.3) is 0 Å². The molecule has 4 unspecified atom stereocenters. The van der Waals surface area contributed by atoms with Crippen molar-refractivity contribution in [2.45, 2.75) is 81.4 Å². The summed E-state index contributed by atoms with van der Waals surface area (Å²) in [6.45, 7) is 22.8. The minimum absolute atomic E-state index is 0.309.